The van der Waals surface area contributed by atoms with E-state index in [1.165, 1.54) is 0 Å². The normalized spacial score (nSPS) is 13.5. The number of rotatable bonds is 3. The molecule has 3 aromatic rings. The van der Waals surface area contributed by atoms with Gasteiger partial charge in [-0.05, 0) is 23.8 Å². The first-order valence-corrected chi connectivity index (χ1v) is 7.64. The maximum absolute atomic E-state index is 11.9. The van der Waals surface area contributed by atoms with Gasteiger partial charge in [-0.25, -0.2) is 9.97 Å². The molecule has 1 aromatic carbocycles. The Morgan fingerprint density at radius 3 is 2.96 bits per heavy atom. The fourth-order valence-electron chi connectivity index (χ4n) is 2.71. The smallest absolute Gasteiger partial charge is 0.269 e. The molecule has 0 saturated carbocycles. The summed E-state index contributed by atoms with van der Waals surface area (Å²) in [6, 6.07) is 11.0. The molecule has 1 aliphatic heterocycles. The number of carbonyl (C=O) groups excluding carboxylic acids is 1. The molecule has 7 heteroatoms. The van der Waals surface area contributed by atoms with E-state index in [0.29, 0.717) is 36.0 Å². The number of aliphatic hydroxyl groups is 1. The predicted octanol–water partition coefficient (Wildman–Crippen LogP) is 1.24. The lowest BCUT2D eigenvalue weighted by Gasteiger charge is -2.13. The molecular formula is C17H15N5O2. The fraction of sp³-hybridized carbons (Fsp3) is 0.176. The maximum atomic E-state index is 11.9. The summed E-state index contributed by atoms with van der Waals surface area (Å²) in [5, 5.41) is 16.5. The van der Waals surface area contributed by atoms with Crippen LogP contribution in [0.2, 0.25) is 0 Å². The van der Waals surface area contributed by atoms with Crippen molar-refractivity contribution in [2.75, 3.05) is 6.54 Å². The number of fused-ring (bicyclic) bond motifs is 1. The number of nitrogens with one attached hydrogen (secondary N) is 1. The average Bonchev–Trinajstić information content (AvgIpc) is 3.08. The Hall–Kier alpha value is -3.06. The number of hydrogen-bond acceptors (Lipinski definition) is 5. The van der Waals surface area contributed by atoms with Gasteiger partial charge in [0.1, 0.15) is 11.4 Å². The van der Waals surface area contributed by atoms with Crippen LogP contribution in [0.3, 0.4) is 0 Å². The molecule has 0 bridgehead atoms. The molecule has 0 unspecified atom stereocenters. The van der Waals surface area contributed by atoms with Crippen LogP contribution in [0.1, 0.15) is 16.1 Å². The number of amides is 1. The van der Waals surface area contributed by atoms with Crippen molar-refractivity contribution in [3.8, 4) is 22.8 Å². The Morgan fingerprint density at radius 1 is 1.21 bits per heavy atom. The van der Waals surface area contributed by atoms with Crippen molar-refractivity contribution in [1.29, 1.82) is 0 Å². The molecule has 1 aliphatic rings. The molecule has 1 amide bonds. The Bertz CT molecular complexity index is 919. The molecule has 0 atom stereocenters. The van der Waals surface area contributed by atoms with Crippen molar-refractivity contribution in [2.24, 2.45) is 0 Å². The largest absolute Gasteiger partial charge is 0.392 e. The monoisotopic (exact) mass is 321 g/mol. The van der Waals surface area contributed by atoms with Gasteiger partial charge in [0.25, 0.3) is 5.91 Å². The standard InChI is InChI=1S/C17H15N5O2/c23-10-11-2-1-3-12(8-11)16-18-5-4-13(20-16)14-9-15-17(24)19-6-7-22(15)21-14/h1-5,8-9,23H,6-7,10H2,(H,19,24). The van der Waals surface area contributed by atoms with Crippen LogP contribution < -0.4 is 5.32 Å². The maximum Gasteiger partial charge on any atom is 0.269 e. The number of hydrogen-bond donors (Lipinski definition) is 2. The van der Waals surface area contributed by atoms with Gasteiger partial charge in [0.2, 0.25) is 0 Å². The van der Waals surface area contributed by atoms with Gasteiger partial charge in [-0.2, -0.15) is 5.10 Å². The Labute approximate surface area is 138 Å². The minimum absolute atomic E-state index is 0.0313. The second-order valence-corrected chi connectivity index (χ2v) is 5.52. The van der Waals surface area contributed by atoms with Gasteiger partial charge in [0.15, 0.2) is 5.82 Å². The summed E-state index contributed by atoms with van der Waals surface area (Å²) in [6.45, 7) is 1.20. The molecule has 0 spiro atoms. The number of aromatic nitrogens is 4. The fourth-order valence-corrected chi connectivity index (χ4v) is 2.71. The van der Waals surface area contributed by atoms with E-state index in [9.17, 15) is 9.90 Å². The SMILES string of the molecule is O=C1NCCn2nc(-c3ccnc(-c4cccc(CO)c4)n3)cc21. The van der Waals surface area contributed by atoms with E-state index in [1.807, 2.05) is 24.3 Å². The van der Waals surface area contributed by atoms with Gasteiger partial charge in [0, 0.05) is 18.3 Å². The van der Waals surface area contributed by atoms with Gasteiger partial charge in [-0.15, -0.1) is 0 Å². The lowest BCUT2D eigenvalue weighted by molar-refractivity contribution is 0.0924. The van der Waals surface area contributed by atoms with Gasteiger partial charge in [-0.1, -0.05) is 18.2 Å². The highest BCUT2D eigenvalue weighted by Gasteiger charge is 2.20. The third kappa shape index (κ3) is 2.55. The summed E-state index contributed by atoms with van der Waals surface area (Å²) < 4.78 is 1.70. The summed E-state index contributed by atoms with van der Waals surface area (Å²) in [4.78, 5) is 20.7. The highest BCUT2D eigenvalue weighted by Crippen LogP contribution is 2.22. The first-order chi connectivity index (χ1) is 11.7. The van der Waals surface area contributed by atoms with Crippen molar-refractivity contribution < 1.29 is 9.90 Å². The number of benzene rings is 1. The van der Waals surface area contributed by atoms with Gasteiger partial charge < -0.3 is 10.4 Å². The number of aliphatic hydroxyl groups excluding tert-OH is 1. The molecular weight excluding hydrogens is 306 g/mol. The first kappa shape index (κ1) is 14.5. The van der Waals surface area contributed by atoms with E-state index < -0.39 is 0 Å². The molecule has 120 valence electrons. The quantitative estimate of drug-likeness (QED) is 0.757. The van der Waals surface area contributed by atoms with Crippen LogP contribution in [0, 0.1) is 0 Å². The third-order valence-electron chi connectivity index (χ3n) is 3.91. The molecule has 24 heavy (non-hydrogen) atoms. The lowest BCUT2D eigenvalue weighted by atomic mass is 10.1. The molecule has 7 nitrogen and oxygen atoms in total. The summed E-state index contributed by atoms with van der Waals surface area (Å²) in [5.41, 5.74) is 3.47. The number of carbonyl (C=O) groups is 1. The topological polar surface area (TPSA) is 92.9 Å². The van der Waals surface area contributed by atoms with Crippen LogP contribution in [0.25, 0.3) is 22.8 Å². The van der Waals surface area contributed by atoms with E-state index in [4.69, 9.17) is 0 Å². The van der Waals surface area contributed by atoms with E-state index in [2.05, 4.69) is 20.4 Å². The Kier molecular flexibility index (Phi) is 3.55. The summed E-state index contributed by atoms with van der Waals surface area (Å²) in [5.74, 6) is 0.433. The van der Waals surface area contributed by atoms with Crippen molar-refractivity contribution in [1.82, 2.24) is 25.1 Å². The molecule has 0 fully saturated rings. The highest BCUT2D eigenvalue weighted by atomic mass is 16.3. The van der Waals surface area contributed by atoms with Crippen molar-refractivity contribution >= 4 is 5.91 Å². The van der Waals surface area contributed by atoms with Crippen LogP contribution in [0.15, 0.2) is 42.6 Å². The molecule has 2 N–H and O–H groups in total. The van der Waals surface area contributed by atoms with Crippen molar-refractivity contribution in [3.63, 3.8) is 0 Å². The van der Waals surface area contributed by atoms with Crippen molar-refractivity contribution in [3.05, 3.63) is 53.9 Å². The van der Waals surface area contributed by atoms with Crippen LogP contribution in [0.5, 0.6) is 0 Å². The van der Waals surface area contributed by atoms with E-state index in [0.717, 1.165) is 11.1 Å². The second-order valence-electron chi connectivity index (χ2n) is 5.52. The van der Waals surface area contributed by atoms with Gasteiger partial charge in [0.05, 0.1) is 18.8 Å². The second kappa shape index (κ2) is 5.86. The first-order valence-electron chi connectivity index (χ1n) is 7.64. The zero-order valence-corrected chi connectivity index (χ0v) is 12.8. The third-order valence-corrected chi connectivity index (χ3v) is 3.91. The van der Waals surface area contributed by atoms with E-state index >= 15 is 0 Å². The van der Waals surface area contributed by atoms with Gasteiger partial charge in [-0.3, -0.25) is 9.48 Å². The predicted molar refractivity (Wildman–Crippen MR) is 86.9 cm³/mol. The highest BCUT2D eigenvalue weighted by molar-refractivity contribution is 5.94. The zero-order valence-electron chi connectivity index (χ0n) is 12.8. The molecule has 0 radical (unpaired) electrons. The van der Waals surface area contributed by atoms with Gasteiger partial charge >= 0.3 is 0 Å². The van der Waals surface area contributed by atoms with Crippen LogP contribution in [-0.4, -0.2) is 37.3 Å². The van der Waals surface area contributed by atoms with Crippen LogP contribution in [0.4, 0.5) is 0 Å². The Balaban J connectivity index is 1.74. The molecule has 4 rings (SSSR count). The van der Waals surface area contributed by atoms with Crippen molar-refractivity contribution in [2.45, 2.75) is 13.2 Å². The van der Waals surface area contributed by atoms with E-state index in [1.54, 1.807) is 23.0 Å². The summed E-state index contributed by atoms with van der Waals surface area (Å²) in [7, 11) is 0. The molecule has 3 heterocycles. The zero-order chi connectivity index (χ0) is 16.5. The van der Waals surface area contributed by atoms with Crippen LogP contribution >= 0.6 is 0 Å². The minimum atomic E-state index is -0.120. The minimum Gasteiger partial charge on any atom is -0.392 e. The summed E-state index contributed by atoms with van der Waals surface area (Å²) >= 11 is 0. The molecule has 2 aromatic heterocycles. The van der Waals surface area contributed by atoms with Crippen LogP contribution in [-0.2, 0) is 13.2 Å². The lowest BCUT2D eigenvalue weighted by Crippen LogP contribution is -2.35. The van der Waals surface area contributed by atoms with E-state index in [-0.39, 0.29) is 12.5 Å². The average molecular weight is 321 g/mol. The number of nitrogens with zero attached hydrogens (tertiary/aromatic N) is 4. The summed E-state index contributed by atoms with van der Waals surface area (Å²) in [6.07, 6.45) is 1.67. The molecule has 0 saturated heterocycles. The molecule has 0 aliphatic carbocycles. The Morgan fingerprint density at radius 2 is 2.12 bits per heavy atom.